The molecule has 4 nitrogen and oxygen atoms in total. The molecule has 0 aromatic heterocycles. The summed E-state index contributed by atoms with van der Waals surface area (Å²) >= 11 is 1.68. The van der Waals surface area contributed by atoms with E-state index in [0.717, 1.165) is 24.6 Å². The van der Waals surface area contributed by atoms with Crippen LogP contribution < -0.4 is 5.32 Å². The lowest BCUT2D eigenvalue weighted by Gasteiger charge is -2.22. The first-order valence-corrected chi connectivity index (χ1v) is 11.7. The molecule has 1 saturated carbocycles. The first kappa shape index (κ1) is 21.7. The third-order valence-corrected chi connectivity index (χ3v) is 6.85. The topological polar surface area (TPSA) is 44.7 Å². The van der Waals surface area contributed by atoms with Crippen molar-refractivity contribution in [1.82, 2.24) is 10.2 Å². The smallest absolute Gasteiger partial charge is 0.242 e. The maximum atomic E-state index is 12.5. The summed E-state index contributed by atoms with van der Waals surface area (Å²) in [6.45, 7) is 10.1. The summed E-state index contributed by atoms with van der Waals surface area (Å²) in [6.07, 6.45) is 13.3. The molecule has 2 rings (SSSR count). The Kier molecular flexibility index (Phi) is 9.48. The van der Waals surface area contributed by atoms with Crippen molar-refractivity contribution in [3.8, 4) is 0 Å². The Hall–Kier alpha value is -0.550. The number of nitrogens with zero attached hydrogens (tertiary/aromatic N) is 2. The van der Waals surface area contributed by atoms with Crippen LogP contribution in [-0.4, -0.2) is 46.4 Å². The van der Waals surface area contributed by atoms with Gasteiger partial charge in [-0.15, -0.1) is 0 Å². The lowest BCUT2D eigenvalue weighted by Crippen LogP contribution is -2.34. The Morgan fingerprint density at radius 2 is 1.73 bits per heavy atom. The summed E-state index contributed by atoms with van der Waals surface area (Å²) in [4.78, 5) is 20.0. The predicted octanol–water partition coefficient (Wildman–Crippen LogP) is 4.98. The molecule has 1 N–H and O–H groups in total. The molecule has 26 heavy (non-hydrogen) atoms. The normalized spacial score (nSPS) is 26.5. The highest BCUT2D eigenvalue weighted by Gasteiger charge is 2.42. The average molecular weight is 382 g/mol. The molecule has 1 aliphatic carbocycles. The largest absolute Gasteiger partial charge is 0.304 e. The van der Waals surface area contributed by atoms with Gasteiger partial charge in [0.05, 0.1) is 10.8 Å². The molecule has 0 aromatic rings. The summed E-state index contributed by atoms with van der Waals surface area (Å²) in [5.74, 6) is 0.161. The summed E-state index contributed by atoms with van der Waals surface area (Å²) in [5.41, 5.74) is 0. The SMILES string of the molecule is CCCN(CCC)CCCCC1(C)SC(=NC2CCCCCC2)NC1=O. The lowest BCUT2D eigenvalue weighted by molar-refractivity contribution is -0.121. The minimum absolute atomic E-state index is 0.161. The molecular formula is C21H39N3OS. The average Bonchev–Trinajstić information content (AvgIpc) is 2.78. The summed E-state index contributed by atoms with van der Waals surface area (Å²) in [5, 5.41) is 3.94. The van der Waals surface area contributed by atoms with Crippen LogP contribution in [0.1, 0.15) is 91.4 Å². The van der Waals surface area contributed by atoms with Gasteiger partial charge in [-0.3, -0.25) is 9.79 Å². The monoisotopic (exact) mass is 381 g/mol. The summed E-state index contributed by atoms with van der Waals surface area (Å²) < 4.78 is -0.329. The number of hydrogen-bond acceptors (Lipinski definition) is 4. The van der Waals surface area contributed by atoms with Gasteiger partial charge in [0, 0.05) is 0 Å². The molecule has 0 radical (unpaired) electrons. The summed E-state index contributed by atoms with van der Waals surface area (Å²) in [7, 11) is 0. The van der Waals surface area contributed by atoms with Crippen LogP contribution in [0.15, 0.2) is 4.99 Å². The van der Waals surface area contributed by atoms with Crippen molar-refractivity contribution < 1.29 is 4.79 Å². The molecule has 2 aliphatic rings. The third-order valence-electron chi connectivity index (χ3n) is 5.61. The molecule has 0 aromatic carbocycles. The van der Waals surface area contributed by atoms with E-state index in [9.17, 15) is 4.79 Å². The van der Waals surface area contributed by atoms with Crippen LogP contribution in [0.2, 0.25) is 0 Å². The third kappa shape index (κ3) is 6.88. The van der Waals surface area contributed by atoms with E-state index < -0.39 is 0 Å². The van der Waals surface area contributed by atoms with Gasteiger partial charge in [0.1, 0.15) is 0 Å². The number of nitrogens with one attached hydrogen (secondary N) is 1. The van der Waals surface area contributed by atoms with Crippen LogP contribution in [0.25, 0.3) is 0 Å². The second kappa shape index (κ2) is 11.3. The fraction of sp³-hybridized carbons (Fsp3) is 0.905. The maximum Gasteiger partial charge on any atom is 0.242 e. The predicted molar refractivity (Wildman–Crippen MR) is 114 cm³/mol. The van der Waals surface area contributed by atoms with Crippen LogP contribution in [0.3, 0.4) is 0 Å². The number of amidine groups is 1. The van der Waals surface area contributed by atoms with Crippen molar-refractivity contribution in [2.24, 2.45) is 4.99 Å². The minimum atomic E-state index is -0.329. The maximum absolute atomic E-state index is 12.5. The Bertz CT molecular complexity index is 454. The second-order valence-corrected chi connectivity index (χ2v) is 9.66. The Morgan fingerprint density at radius 3 is 2.35 bits per heavy atom. The molecule has 2 fully saturated rings. The fourth-order valence-corrected chi connectivity index (χ4v) is 5.22. The molecule has 1 aliphatic heterocycles. The molecule has 1 unspecified atom stereocenters. The van der Waals surface area contributed by atoms with Gasteiger partial charge in [0.2, 0.25) is 5.91 Å². The first-order valence-electron chi connectivity index (χ1n) is 10.9. The van der Waals surface area contributed by atoms with Gasteiger partial charge in [-0.25, -0.2) is 0 Å². The van der Waals surface area contributed by atoms with Crippen molar-refractivity contribution >= 4 is 22.8 Å². The molecule has 1 atom stereocenters. The highest BCUT2D eigenvalue weighted by atomic mass is 32.2. The molecule has 5 heteroatoms. The highest BCUT2D eigenvalue weighted by molar-refractivity contribution is 8.16. The van der Waals surface area contributed by atoms with Crippen molar-refractivity contribution in [2.45, 2.75) is 102 Å². The Balaban J connectivity index is 1.78. The van der Waals surface area contributed by atoms with Crippen molar-refractivity contribution in [3.05, 3.63) is 0 Å². The van der Waals surface area contributed by atoms with Gasteiger partial charge in [-0.1, -0.05) is 57.7 Å². The van der Waals surface area contributed by atoms with Gasteiger partial charge in [-0.05, 0) is 65.1 Å². The number of rotatable bonds is 10. The minimum Gasteiger partial charge on any atom is -0.304 e. The van der Waals surface area contributed by atoms with Gasteiger partial charge in [0.25, 0.3) is 0 Å². The van der Waals surface area contributed by atoms with Crippen molar-refractivity contribution in [3.63, 3.8) is 0 Å². The number of carbonyl (C=O) groups excluding carboxylic acids is 1. The molecule has 1 amide bonds. The Morgan fingerprint density at radius 1 is 1.08 bits per heavy atom. The van der Waals surface area contributed by atoms with E-state index in [2.05, 4.69) is 31.0 Å². The molecule has 1 heterocycles. The van der Waals surface area contributed by atoms with E-state index >= 15 is 0 Å². The van der Waals surface area contributed by atoms with E-state index in [4.69, 9.17) is 4.99 Å². The standard InChI is InChI=1S/C21H39N3OS/c1-4-15-24(16-5-2)17-11-10-14-21(3)19(25)23-20(26-21)22-18-12-8-6-7-9-13-18/h18H,4-17H2,1-3H3,(H,22,23,25). The van der Waals surface area contributed by atoms with Crippen molar-refractivity contribution in [2.75, 3.05) is 19.6 Å². The fourth-order valence-electron chi connectivity index (χ4n) is 4.06. The van der Waals surface area contributed by atoms with E-state index in [1.807, 2.05) is 0 Å². The number of unbranched alkanes of at least 4 members (excludes halogenated alkanes) is 1. The zero-order valence-electron chi connectivity index (χ0n) is 17.2. The Labute approximate surface area is 165 Å². The number of amides is 1. The van der Waals surface area contributed by atoms with E-state index in [-0.39, 0.29) is 10.7 Å². The highest BCUT2D eigenvalue weighted by Crippen LogP contribution is 2.37. The van der Waals surface area contributed by atoms with Crippen LogP contribution in [0, 0.1) is 0 Å². The van der Waals surface area contributed by atoms with Gasteiger partial charge in [0.15, 0.2) is 5.17 Å². The van der Waals surface area contributed by atoms with Crippen LogP contribution >= 0.6 is 11.8 Å². The zero-order valence-corrected chi connectivity index (χ0v) is 18.0. The molecular weight excluding hydrogens is 342 g/mol. The van der Waals surface area contributed by atoms with Crippen LogP contribution in [0.4, 0.5) is 0 Å². The van der Waals surface area contributed by atoms with Crippen LogP contribution in [-0.2, 0) is 4.79 Å². The first-order chi connectivity index (χ1) is 12.6. The molecule has 1 saturated heterocycles. The number of hydrogen-bond donors (Lipinski definition) is 1. The lowest BCUT2D eigenvalue weighted by atomic mass is 10.0. The quantitative estimate of drug-likeness (QED) is 0.429. The number of thioether (sulfide) groups is 1. The van der Waals surface area contributed by atoms with E-state index in [0.29, 0.717) is 6.04 Å². The van der Waals surface area contributed by atoms with E-state index in [1.54, 1.807) is 11.8 Å². The van der Waals surface area contributed by atoms with E-state index in [1.165, 1.54) is 70.9 Å². The number of carbonyl (C=O) groups is 1. The van der Waals surface area contributed by atoms with Gasteiger partial charge in [-0.2, -0.15) is 0 Å². The molecule has 0 spiro atoms. The van der Waals surface area contributed by atoms with Gasteiger partial charge >= 0.3 is 0 Å². The molecule has 150 valence electrons. The molecule has 0 bridgehead atoms. The second-order valence-electron chi connectivity index (χ2n) is 8.17. The van der Waals surface area contributed by atoms with Crippen molar-refractivity contribution in [1.29, 1.82) is 0 Å². The zero-order chi connectivity index (χ0) is 18.8. The van der Waals surface area contributed by atoms with Crippen LogP contribution in [0.5, 0.6) is 0 Å². The number of aliphatic imine (C=N–C) groups is 1. The van der Waals surface area contributed by atoms with Gasteiger partial charge < -0.3 is 10.2 Å². The summed E-state index contributed by atoms with van der Waals surface area (Å²) in [6, 6.07) is 0.416.